The first kappa shape index (κ1) is 14.0. The van der Waals surface area contributed by atoms with Crippen LogP contribution in [0.1, 0.15) is 31.2 Å². The van der Waals surface area contributed by atoms with E-state index >= 15 is 0 Å². The van der Waals surface area contributed by atoms with E-state index in [1.807, 2.05) is 19.2 Å². The highest BCUT2D eigenvalue weighted by atomic mass is 16.5. The molecule has 1 unspecified atom stereocenters. The Balaban J connectivity index is 1.77. The van der Waals surface area contributed by atoms with E-state index in [4.69, 9.17) is 9.84 Å². The highest BCUT2D eigenvalue weighted by molar-refractivity contribution is 5.66. The molecule has 21 heavy (non-hydrogen) atoms. The van der Waals surface area contributed by atoms with Crippen molar-refractivity contribution in [3.63, 3.8) is 0 Å². The summed E-state index contributed by atoms with van der Waals surface area (Å²) in [5, 5.41) is 9.12. The van der Waals surface area contributed by atoms with Gasteiger partial charge in [0, 0.05) is 43.5 Å². The maximum absolute atomic E-state index is 11.1. The van der Waals surface area contributed by atoms with Gasteiger partial charge < -0.3 is 19.6 Å². The normalized spacial score (nSPS) is 22.3. The number of anilines is 1. The van der Waals surface area contributed by atoms with Crippen molar-refractivity contribution in [2.75, 3.05) is 31.6 Å². The van der Waals surface area contributed by atoms with Gasteiger partial charge in [-0.25, -0.2) is 9.78 Å². The van der Waals surface area contributed by atoms with Crippen molar-refractivity contribution in [1.29, 1.82) is 0 Å². The second kappa shape index (κ2) is 5.42. The van der Waals surface area contributed by atoms with Crippen LogP contribution in [0.15, 0.2) is 12.3 Å². The maximum atomic E-state index is 11.1. The first-order chi connectivity index (χ1) is 10.1. The lowest BCUT2D eigenvalue weighted by Gasteiger charge is -2.38. The lowest BCUT2D eigenvalue weighted by Crippen LogP contribution is -2.53. The Morgan fingerprint density at radius 2 is 2.19 bits per heavy atom. The number of nitrogens with zero attached hydrogens (tertiary/aromatic N) is 3. The molecule has 1 aromatic rings. The number of ether oxygens (including phenoxy) is 1. The van der Waals surface area contributed by atoms with Gasteiger partial charge in [0.25, 0.3) is 0 Å². The molecule has 0 radical (unpaired) electrons. The van der Waals surface area contributed by atoms with Crippen molar-refractivity contribution in [2.24, 2.45) is 0 Å². The summed E-state index contributed by atoms with van der Waals surface area (Å²) in [7, 11) is 1.69. The summed E-state index contributed by atoms with van der Waals surface area (Å²) in [6.07, 6.45) is 3.49. The number of hydrogen-bond donors (Lipinski definition) is 1. The number of rotatable bonds is 3. The van der Waals surface area contributed by atoms with Gasteiger partial charge in [-0.05, 0) is 25.7 Å². The Bertz CT molecular complexity index is 545. The molecule has 2 aliphatic rings. The number of hydrogen-bond acceptors (Lipinski definition) is 4. The lowest BCUT2D eigenvalue weighted by atomic mass is 10.1. The molecule has 1 saturated carbocycles. The van der Waals surface area contributed by atoms with Gasteiger partial charge in [0.05, 0.1) is 7.11 Å². The molecule has 6 heteroatoms. The molecule has 3 rings (SSSR count). The van der Waals surface area contributed by atoms with Gasteiger partial charge in [0.15, 0.2) is 0 Å². The van der Waals surface area contributed by atoms with Crippen molar-refractivity contribution < 1.29 is 14.6 Å². The molecule has 1 N–H and O–H groups in total. The number of amides is 1. The molecular weight excluding hydrogens is 270 g/mol. The third-order valence-electron chi connectivity index (χ3n) is 4.31. The third kappa shape index (κ3) is 2.75. The fraction of sp³-hybridized carbons (Fsp3) is 0.600. The van der Waals surface area contributed by atoms with Crippen molar-refractivity contribution in [3.05, 3.63) is 17.8 Å². The summed E-state index contributed by atoms with van der Waals surface area (Å²) in [4.78, 5) is 19.3. The van der Waals surface area contributed by atoms with Crippen molar-refractivity contribution >= 4 is 11.9 Å². The number of aromatic nitrogens is 1. The van der Waals surface area contributed by atoms with Crippen LogP contribution in [0.4, 0.5) is 10.6 Å². The molecule has 114 valence electrons. The lowest BCUT2D eigenvalue weighted by molar-refractivity contribution is 0.122. The molecule has 0 spiro atoms. The van der Waals surface area contributed by atoms with Crippen LogP contribution in [-0.2, 0) is 0 Å². The van der Waals surface area contributed by atoms with Gasteiger partial charge in [-0.15, -0.1) is 0 Å². The second-order valence-electron chi connectivity index (χ2n) is 5.83. The fourth-order valence-electron chi connectivity index (χ4n) is 2.94. The van der Waals surface area contributed by atoms with E-state index in [1.165, 1.54) is 23.3 Å². The van der Waals surface area contributed by atoms with E-state index in [0.717, 1.165) is 11.6 Å². The van der Waals surface area contributed by atoms with E-state index in [0.29, 0.717) is 25.6 Å². The van der Waals surface area contributed by atoms with Gasteiger partial charge >= 0.3 is 6.09 Å². The zero-order valence-corrected chi connectivity index (χ0v) is 12.5. The van der Waals surface area contributed by atoms with Crippen LogP contribution in [0.25, 0.3) is 0 Å². The zero-order valence-electron chi connectivity index (χ0n) is 12.5. The fourth-order valence-corrected chi connectivity index (χ4v) is 2.94. The molecule has 1 saturated heterocycles. The Kier molecular flexibility index (Phi) is 3.61. The van der Waals surface area contributed by atoms with Crippen LogP contribution in [0.2, 0.25) is 0 Å². The summed E-state index contributed by atoms with van der Waals surface area (Å²) in [6.45, 7) is 3.75. The Morgan fingerprint density at radius 3 is 2.76 bits per heavy atom. The van der Waals surface area contributed by atoms with E-state index < -0.39 is 6.09 Å². The van der Waals surface area contributed by atoms with Crippen molar-refractivity contribution in [1.82, 2.24) is 9.88 Å². The molecule has 0 bridgehead atoms. The molecule has 1 amide bonds. The van der Waals surface area contributed by atoms with Gasteiger partial charge in [-0.3, -0.25) is 0 Å². The Morgan fingerprint density at radius 1 is 1.43 bits per heavy atom. The van der Waals surface area contributed by atoms with E-state index in [-0.39, 0.29) is 6.04 Å². The summed E-state index contributed by atoms with van der Waals surface area (Å²) >= 11 is 0. The van der Waals surface area contributed by atoms with E-state index in [1.54, 1.807) is 7.11 Å². The number of pyridine rings is 1. The van der Waals surface area contributed by atoms with Crippen LogP contribution < -0.4 is 9.64 Å². The minimum Gasteiger partial charge on any atom is -0.496 e. The van der Waals surface area contributed by atoms with Crippen LogP contribution in [-0.4, -0.2) is 53.9 Å². The second-order valence-corrected chi connectivity index (χ2v) is 5.83. The zero-order chi connectivity index (χ0) is 15.0. The monoisotopic (exact) mass is 291 g/mol. The largest absolute Gasteiger partial charge is 0.496 e. The summed E-state index contributed by atoms with van der Waals surface area (Å²) in [5.41, 5.74) is 1.19. The minimum absolute atomic E-state index is 0.0350. The van der Waals surface area contributed by atoms with E-state index in [9.17, 15) is 4.79 Å². The van der Waals surface area contributed by atoms with Crippen molar-refractivity contribution in [3.8, 4) is 5.75 Å². The average molecular weight is 291 g/mol. The molecule has 2 fully saturated rings. The van der Waals surface area contributed by atoms with Gasteiger partial charge in [-0.1, -0.05) is 0 Å². The summed E-state index contributed by atoms with van der Waals surface area (Å²) < 4.78 is 5.49. The van der Waals surface area contributed by atoms with Crippen LogP contribution in [0.5, 0.6) is 5.75 Å². The van der Waals surface area contributed by atoms with Gasteiger partial charge in [0.2, 0.25) is 0 Å². The maximum Gasteiger partial charge on any atom is 0.407 e. The first-order valence-corrected chi connectivity index (χ1v) is 7.38. The van der Waals surface area contributed by atoms with Gasteiger partial charge in [0.1, 0.15) is 11.6 Å². The molecule has 1 atom stereocenters. The quantitative estimate of drug-likeness (QED) is 0.924. The molecule has 1 aliphatic carbocycles. The molecule has 6 nitrogen and oxygen atoms in total. The molecule has 2 heterocycles. The van der Waals surface area contributed by atoms with Crippen LogP contribution >= 0.6 is 0 Å². The third-order valence-corrected chi connectivity index (χ3v) is 4.31. The molecule has 1 aromatic heterocycles. The predicted octanol–water partition coefficient (Wildman–Crippen LogP) is 2.16. The summed E-state index contributed by atoms with van der Waals surface area (Å²) in [5.74, 6) is 2.37. The van der Waals surface area contributed by atoms with Crippen LogP contribution in [0.3, 0.4) is 0 Å². The Hall–Kier alpha value is -1.98. The average Bonchev–Trinajstić information content (AvgIpc) is 3.30. The summed E-state index contributed by atoms with van der Waals surface area (Å²) in [6, 6.07) is 1.95. The first-order valence-electron chi connectivity index (χ1n) is 7.38. The number of carbonyl (C=O) groups is 1. The van der Waals surface area contributed by atoms with Crippen molar-refractivity contribution in [2.45, 2.75) is 31.7 Å². The predicted molar refractivity (Wildman–Crippen MR) is 79.2 cm³/mol. The number of carboxylic acid groups (broad SMARTS) is 1. The molecular formula is C15H21N3O3. The van der Waals surface area contributed by atoms with E-state index in [2.05, 4.69) is 9.88 Å². The highest BCUT2D eigenvalue weighted by Crippen LogP contribution is 2.44. The molecule has 1 aliphatic heterocycles. The number of methoxy groups -OCH3 is 1. The van der Waals surface area contributed by atoms with Crippen LogP contribution in [0, 0.1) is 0 Å². The standard InChI is InChI=1S/C15H21N3O3/c1-10-9-17(5-6-18(10)15(19)20)14-7-13(21-2)12(8-16-14)11-3-4-11/h7-8,10-11H,3-6,9H2,1-2H3,(H,19,20). The Labute approximate surface area is 124 Å². The minimum atomic E-state index is -0.850. The topological polar surface area (TPSA) is 65.9 Å². The smallest absolute Gasteiger partial charge is 0.407 e. The molecule has 0 aromatic carbocycles. The SMILES string of the molecule is COc1cc(N2CCN(C(=O)O)C(C)C2)ncc1C1CC1. The van der Waals surface area contributed by atoms with Gasteiger partial charge in [-0.2, -0.15) is 0 Å². The number of piperazine rings is 1. The highest BCUT2D eigenvalue weighted by Gasteiger charge is 2.30.